The lowest BCUT2D eigenvalue weighted by Gasteiger charge is -2.16. The van der Waals surface area contributed by atoms with Crippen molar-refractivity contribution < 1.29 is 0 Å². The summed E-state index contributed by atoms with van der Waals surface area (Å²) in [5, 5.41) is 4.13. The van der Waals surface area contributed by atoms with Gasteiger partial charge in [0.2, 0.25) is 0 Å². The first-order chi connectivity index (χ1) is 8.13. The predicted octanol–water partition coefficient (Wildman–Crippen LogP) is 0.863. The second kappa shape index (κ2) is 4.57. The third kappa shape index (κ3) is 2.15. The number of nitrogens with two attached hydrogens (primary N) is 2. The number of hydrazine groups is 1. The Kier molecular flexibility index (Phi) is 3.12. The second-order valence-electron chi connectivity index (χ2n) is 4.12. The van der Waals surface area contributed by atoms with Gasteiger partial charge in [-0.3, -0.25) is 10.5 Å². The van der Waals surface area contributed by atoms with Crippen molar-refractivity contribution in [1.82, 2.24) is 15.2 Å². The molecule has 0 bridgehead atoms. The van der Waals surface area contributed by atoms with Crippen LogP contribution in [0.5, 0.6) is 0 Å². The van der Waals surface area contributed by atoms with Crippen molar-refractivity contribution in [1.29, 1.82) is 0 Å². The summed E-state index contributed by atoms with van der Waals surface area (Å²) in [6, 6.07) is 8.01. The molecule has 1 aromatic carbocycles. The number of hydrogen-bond donors (Lipinski definition) is 3. The normalized spacial score (nSPS) is 12.6. The van der Waals surface area contributed by atoms with Crippen LogP contribution in [0, 0.1) is 6.92 Å². The quantitative estimate of drug-likeness (QED) is 0.540. The van der Waals surface area contributed by atoms with Crippen LogP contribution < -0.4 is 17.0 Å². The number of hydrogen-bond acceptors (Lipinski definition) is 4. The molecule has 90 valence electrons. The maximum atomic E-state index is 5.96. The van der Waals surface area contributed by atoms with Crippen molar-refractivity contribution >= 4 is 5.82 Å². The van der Waals surface area contributed by atoms with Gasteiger partial charge in [0.25, 0.3) is 0 Å². The van der Waals surface area contributed by atoms with Crippen LogP contribution in [0.25, 0.3) is 0 Å². The van der Waals surface area contributed by atoms with Crippen LogP contribution in [0.2, 0.25) is 0 Å². The number of nitrogens with one attached hydrogen (secondary N) is 1. The van der Waals surface area contributed by atoms with Gasteiger partial charge in [-0.25, -0.2) is 5.43 Å². The highest BCUT2D eigenvalue weighted by molar-refractivity contribution is 5.45. The van der Waals surface area contributed by atoms with Crippen LogP contribution in [0.1, 0.15) is 22.7 Å². The fraction of sp³-hybridized carbons (Fsp3) is 0.250. The standard InChI is InChI=1S/C12H17N5/c1-8-4-3-5-9(6-8)11(16-14)10-7-15-17(2)12(10)13/h3-7,11,16H,13-14H2,1-2H3. The minimum atomic E-state index is -0.136. The molecule has 0 spiro atoms. The molecule has 1 unspecified atom stereocenters. The Labute approximate surface area is 100 Å². The molecule has 0 radical (unpaired) electrons. The summed E-state index contributed by atoms with van der Waals surface area (Å²) in [4.78, 5) is 0. The maximum absolute atomic E-state index is 5.96. The van der Waals surface area contributed by atoms with E-state index in [-0.39, 0.29) is 6.04 Å². The first-order valence-electron chi connectivity index (χ1n) is 5.43. The summed E-state index contributed by atoms with van der Waals surface area (Å²) in [5.41, 5.74) is 11.9. The lowest BCUT2D eigenvalue weighted by atomic mass is 10.00. The number of aromatic nitrogens is 2. The molecule has 1 atom stereocenters. The van der Waals surface area contributed by atoms with E-state index in [1.54, 1.807) is 10.9 Å². The molecule has 0 saturated heterocycles. The molecule has 0 saturated carbocycles. The Balaban J connectivity index is 2.44. The summed E-state index contributed by atoms with van der Waals surface area (Å²) in [5.74, 6) is 6.24. The molecular weight excluding hydrogens is 214 g/mol. The first kappa shape index (κ1) is 11.6. The summed E-state index contributed by atoms with van der Waals surface area (Å²) >= 11 is 0. The molecule has 1 aromatic heterocycles. The molecule has 17 heavy (non-hydrogen) atoms. The van der Waals surface area contributed by atoms with E-state index in [1.165, 1.54) is 5.56 Å². The van der Waals surface area contributed by atoms with Gasteiger partial charge in [0.15, 0.2) is 0 Å². The van der Waals surface area contributed by atoms with E-state index < -0.39 is 0 Å². The van der Waals surface area contributed by atoms with Gasteiger partial charge in [-0.1, -0.05) is 29.8 Å². The highest BCUT2D eigenvalue weighted by atomic mass is 15.3. The fourth-order valence-corrected chi connectivity index (χ4v) is 1.90. The van der Waals surface area contributed by atoms with Gasteiger partial charge in [-0.2, -0.15) is 5.10 Å². The lowest BCUT2D eigenvalue weighted by Crippen LogP contribution is -2.29. The van der Waals surface area contributed by atoms with E-state index in [0.29, 0.717) is 5.82 Å². The summed E-state index contributed by atoms with van der Waals surface area (Å²) < 4.78 is 1.63. The number of nitrogens with zero attached hydrogens (tertiary/aromatic N) is 2. The smallest absolute Gasteiger partial charge is 0.126 e. The molecule has 0 aliphatic carbocycles. The molecule has 0 aliphatic heterocycles. The molecule has 0 fully saturated rings. The maximum Gasteiger partial charge on any atom is 0.126 e. The molecule has 5 heteroatoms. The predicted molar refractivity (Wildman–Crippen MR) is 68.0 cm³/mol. The number of benzene rings is 1. The molecule has 1 heterocycles. The fourth-order valence-electron chi connectivity index (χ4n) is 1.90. The molecular formula is C12H17N5. The Morgan fingerprint density at radius 1 is 1.41 bits per heavy atom. The number of aryl methyl sites for hydroxylation is 2. The third-order valence-corrected chi connectivity index (χ3v) is 2.87. The monoisotopic (exact) mass is 231 g/mol. The Morgan fingerprint density at radius 2 is 2.18 bits per heavy atom. The molecule has 5 nitrogen and oxygen atoms in total. The Morgan fingerprint density at radius 3 is 2.71 bits per heavy atom. The molecule has 2 aromatic rings. The van der Waals surface area contributed by atoms with E-state index >= 15 is 0 Å². The number of rotatable bonds is 3. The average molecular weight is 231 g/mol. The Bertz CT molecular complexity index is 517. The van der Waals surface area contributed by atoms with Gasteiger partial charge in [0.05, 0.1) is 12.2 Å². The van der Waals surface area contributed by atoms with Gasteiger partial charge in [-0.05, 0) is 12.5 Å². The van der Waals surface area contributed by atoms with Gasteiger partial charge in [0.1, 0.15) is 5.82 Å². The van der Waals surface area contributed by atoms with Crippen LogP contribution in [0.4, 0.5) is 5.82 Å². The van der Waals surface area contributed by atoms with Gasteiger partial charge in [0, 0.05) is 12.6 Å². The van der Waals surface area contributed by atoms with Crippen LogP contribution in [0.15, 0.2) is 30.5 Å². The highest BCUT2D eigenvalue weighted by Gasteiger charge is 2.17. The topological polar surface area (TPSA) is 81.9 Å². The first-order valence-corrected chi connectivity index (χ1v) is 5.43. The van der Waals surface area contributed by atoms with Gasteiger partial charge >= 0.3 is 0 Å². The van der Waals surface area contributed by atoms with Crippen LogP contribution in [-0.2, 0) is 7.05 Å². The minimum absolute atomic E-state index is 0.136. The highest BCUT2D eigenvalue weighted by Crippen LogP contribution is 2.25. The van der Waals surface area contributed by atoms with Crippen molar-refractivity contribution in [3.8, 4) is 0 Å². The van der Waals surface area contributed by atoms with Crippen LogP contribution >= 0.6 is 0 Å². The van der Waals surface area contributed by atoms with Gasteiger partial charge in [-0.15, -0.1) is 0 Å². The van der Waals surface area contributed by atoms with Crippen molar-refractivity contribution in [3.05, 3.63) is 47.2 Å². The van der Waals surface area contributed by atoms with E-state index in [4.69, 9.17) is 11.6 Å². The minimum Gasteiger partial charge on any atom is -0.384 e. The summed E-state index contributed by atoms with van der Waals surface area (Å²) in [6.45, 7) is 2.05. The largest absolute Gasteiger partial charge is 0.384 e. The molecule has 0 amide bonds. The van der Waals surface area contributed by atoms with Crippen molar-refractivity contribution in [2.24, 2.45) is 12.9 Å². The lowest BCUT2D eigenvalue weighted by molar-refractivity contribution is 0.637. The number of nitrogen functional groups attached to an aromatic ring is 1. The average Bonchev–Trinajstić information content (AvgIpc) is 2.63. The van der Waals surface area contributed by atoms with Crippen molar-refractivity contribution in [2.45, 2.75) is 13.0 Å². The Hall–Kier alpha value is -1.85. The van der Waals surface area contributed by atoms with E-state index in [2.05, 4.69) is 16.6 Å². The SMILES string of the molecule is Cc1cccc(C(NN)c2cnn(C)c2N)c1. The van der Waals surface area contributed by atoms with E-state index in [0.717, 1.165) is 11.1 Å². The number of anilines is 1. The molecule has 5 N–H and O–H groups in total. The van der Waals surface area contributed by atoms with Crippen LogP contribution in [-0.4, -0.2) is 9.78 Å². The molecule has 2 rings (SSSR count). The third-order valence-electron chi connectivity index (χ3n) is 2.87. The van der Waals surface area contributed by atoms with Gasteiger partial charge < -0.3 is 5.73 Å². The second-order valence-corrected chi connectivity index (χ2v) is 4.12. The van der Waals surface area contributed by atoms with Crippen LogP contribution in [0.3, 0.4) is 0 Å². The van der Waals surface area contributed by atoms with E-state index in [9.17, 15) is 0 Å². The van der Waals surface area contributed by atoms with Crippen molar-refractivity contribution in [3.63, 3.8) is 0 Å². The zero-order valence-corrected chi connectivity index (χ0v) is 10.0. The summed E-state index contributed by atoms with van der Waals surface area (Å²) in [7, 11) is 1.81. The zero-order valence-electron chi connectivity index (χ0n) is 10.0. The summed E-state index contributed by atoms with van der Waals surface area (Å²) in [6.07, 6.45) is 1.74. The van der Waals surface area contributed by atoms with Crippen molar-refractivity contribution in [2.75, 3.05) is 5.73 Å². The van der Waals surface area contributed by atoms with E-state index in [1.807, 2.05) is 32.2 Å². The zero-order chi connectivity index (χ0) is 12.4. The molecule has 0 aliphatic rings.